The van der Waals surface area contributed by atoms with Gasteiger partial charge in [-0.1, -0.05) is 17.3 Å². The van der Waals surface area contributed by atoms with Gasteiger partial charge in [0.1, 0.15) is 31.0 Å². The lowest BCUT2D eigenvalue weighted by Crippen LogP contribution is -2.24. The van der Waals surface area contributed by atoms with Gasteiger partial charge in [0.2, 0.25) is 0 Å². The maximum absolute atomic E-state index is 13.1. The van der Waals surface area contributed by atoms with Gasteiger partial charge in [-0.3, -0.25) is 0 Å². The summed E-state index contributed by atoms with van der Waals surface area (Å²) in [5, 5.41) is 3.09. The lowest BCUT2D eigenvalue weighted by Gasteiger charge is -2.15. The third-order valence-corrected chi connectivity index (χ3v) is 5.08. The van der Waals surface area contributed by atoms with E-state index in [-0.39, 0.29) is 5.56 Å². The highest BCUT2D eigenvalue weighted by molar-refractivity contribution is 9.10. The highest BCUT2D eigenvalue weighted by Gasteiger charge is 2.38. The Morgan fingerprint density at radius 2 is 1.70 bits per heavy atom. The second kappa shape index (κ2) is 12.5. The van der Waals surface area contributed by atoms with Crippen molar-refractivity contribution < 1.29 is 32.2 Å². The lowest BCUT2D eigenvalue weighted by atomic mass is 10.1. The van der Waals surface area contributed by atoms with Crippen LogP contribution in [0, 0.1) is 13.8 Å². The van der Waals surface area contributed by atoms with Crippen LogP contribution >= 0.6 is 15.9 Å². The van der Waals surface area contributed by atoms with Crippen LogP contribution in [0.25, 0.3) is 0 Å². The molecule has 0 spiro atoms. The van der Waals surface area contributed by atoms with Crippen molar-refractivity contribution in [2.45, 2.75) is 33.4 Å². The number of aryl methyl sites for hydroxylation is 2. The molecule has 0 aliphatic heterocycles. The zero-order valence-electron chi connectivity index (χ0n) is 19.0. The second-order valence-electron chi connectivity index (χ2n) is 7.08. The molecule has 2 rings (SSSR count). The number of alkyl halides is 3. The molecule has 2 aromatic rings. The third kappa shape index (κ3) is 7.99. The monoisotopic (exact) mass is 529 g/mol. The average Bonchev–Trinajstić information content (AvgIpc) is 2.73. The molecule has 2 aromatic carbocycles. The van der Waals surface area contributed by atoms with Gasteiger partial charge in [0.15, 0.2) is 5.71 Å². The molecule has 0 aliphatic rings. The Kier molecular flexibility index (Phi) is 10.1. The zero-order valence-corrected chi connectivity index (χ0v) is 20.5. The molecule has 0 aromatic heterocycles. The van der Waals surface area contributed by atoms with Gasteiger partial charge in [-0.15, -0.1) is 0 Å². The Balaban J connectivity index is 1.90. The summed E-state index contributed by atoms with van der Waals surface area (Å²) < 4.78 is 57.0. The quantitative estimate of drug-likeness (QED) is 0.139. The van der Waals surface area contributed by atoms with E-state index in [1.807, 2.05) is 45.1 Å². The predicted molar refractivity (Wildman–Crippen MR) is 126 cm³/mol. The van der Waals surface area contributed by atoms with E-state index in [1.165, 1.54) is 18.2 Å². The zero-order chi connectivity index (χ0) is 24.4. The molecule has 5 nitrogen and oxygen atoms in total. The molecule has 0 bridgehead atoms. The summed E-state index contributed by atoms with van der Waals surface area (Å²) in [6, 6.07) is 7.91. The predicted octanol–water partition coefficient (Wildman–Crippen LogP) is 6.78. The van der Waals surface area contributed by atoms with Crippen molar-refractivity contribution in [3.8, 4) is 17.2 Å². The summed E-state index contributed by atoms with van der Waals surface area (Å²) in [7, 11) is 1.07. The fourth-order valence-corrected chi connectivity index (χ4v) is 3.50. The maximum atomic E-state index is 13.1. The average molecular weight is 530 g/mol. The number of rotatable bonds is 11. The molecule has 0 unspecified atom stereocenters. The fourth-order valence-electron chi connectivity index (χ4n) is 3.00. The number of oxime groups is 1. The van der Waals surface area contributed by atoms with Gasteiger partial charge in [0, 0.05) is 12.0 Å². The molecule has 0 atom stereocenters. The van der Waals surface area contributed by atoms with Gasteiger partial charge in [-0.25, -0.2) is 0 Å². The van der Waals surface area contributed by atoms with Crippen LogP contribution in [0.4, 0.5) is 13.2 Å². The summed E-state index contributed by atoms with van der Waals surface area (Å²) in [4.78, 5) is 4.33. The Morgan fingerprint density at radius 1 is 1.03 bits per heavy atom. The fraction of sp³-hybridized carbons (Fsp3) is 0.375. The first-order valence-electron chi connectivity index (χ1n) is 10.3. The van der Waals surface area contributed by atoms with Crippen molar-refractivity contribution >= 4 is 21.6 Å². The number of allylic oxidation sites excluding steroid dienone is 1. The Hall–Kier alpha value is -2.68. The van der Waals surface area contributed by atoms with E-state index in [0.717, 1.165) is 29.7 Å². The molecule has 9 heteroatoms. The summed E-state index contributed by atoms with van der Waals surface area (Å²) in [6.45, 7) is 7.13. The largest absolute Gasteiger partial charge is 0.493 e. The first-order valence-corrected chi connectivity index (χ1v) is 11.1. The molecule has 33 heavy (non-hydrogen) atoms. The molecule has 0 heterocycles. The van der Waals surface area contributed by atoms with E-state index >= 15 is 0 Å². The highest BCUT2D eigenvalue weighted by Crippen LogP contribution is 2.31. The summed E-state index contributed by atoms with van der Waals surface area (Å²) in [5.74, 6) is 2.01. The van der Waals surface area contributed by atoms with E-state index in [1.54, 1.807) is 0 Å². The van der Waals surface area contributed by atoms with E-state index in [9.17, 15) is 13.2 Å². The Labute approximate surface area is 200 Å². The molecule has 0 radical (unpaired) electrons. The van der Waals surface area contributed by atoms with Crippen molar-refractivity contribution in [2.75, 3.05) is 26.9 Å². The Bertz CT molecular complexity index is 967. The number of halogens is 4. The number of hydrogen-bond acceptors (Lipinski definition) is 5. The molecule has 0 aliphatic carbocycles. The van der Waals surface area contributed by atoms with Gasteiger partial charge in [0.05, 0.1) is 17.7 Å². The summed E-state index contributed by atoms with van der Waals surface area (Å²) >= 11 is 3.25. The van der Waals surface area contributed by atoms with Crippen LogP contribution in [0.3, 0.4) is 0 Å². The lowest BCUT2D eigenvalue weighted by molar-refractivity contribution is -0.0608. The van der Waals surface area contributed by atoms with E-state index in [0.29, 0.717) is 36.5 Å². The van der Waals surface area contributed by atoms with Gasteiger partial charge < -0.3 is 19.0 Å². The van der Waals surface area contributed by atoms with Gasteiger partial charge in [-0.2, -0.15) is 13.2 Å². The number of benzene rings is 2. The smallest absolute Gasteiger partial charge is 0.437 e. The third-order valence-electron chi connectivity index (χ3n) is 4.46. The van der Waals surface area contributed by atoms with Crippen LogP contribution in [-0.2, 0) is 4.84 Å². The normalized spacial score (nSPS) is 12.2. The molecule has 0 saturated heterocycles. The van der Waals surface area contributed by atoms with Crippen molar-refractivity contribution in [3.63, 3.8) is 0 Å². The molecular weight excluding hydrogens is 503 g/mol. The van der Waals surface area contributed by atoms with E-state index in [2.05, 4.69) is 25.9 Å². The second-order valence-corrected chi connectivity index (χ2v) is 7.94. The summed E-state index contributed by atoms with van der Waals surface area (Å²) in [6.07, 6.45) is -0.182. The molecular formula is C24H27BrF3NO4. The number of nitrogens with zero attached hydrogens (tertiary/aromatic N) is 1. The minimum absolute atomic E-state index is 0.129. The minimum Gasteiger partial charge on any atom is -0.493 e. The Morgan fingerprint density at radius 3 is 2.27 bits per heavy atom. The van der Waals surface area contributed by atoms with Crippen LogP contribution in [0.2, 0.25) is 0 Å². The first kappa shape index (κ1) is 26.6. The molecule has 0 fully saturated rings. The topological polar surface area (TPSA) is 49.3 Å². The van der Waals surface area contributed by atoms with Gasteiger partial charge >= 0.3 is 6.18 Å². The van der Waals surface area contributed by atoms with E-state index < -0.39 is 11.9 Å². The first-order chi connectivity index (χ1) is 15.7. The molecule has 180 valence electrons. The minimum atomic E-state index is -4.64. The van der Waals surface area contributed by atoms with Crippen molar-refractivity contribution in [3.05, 3.63) is 63.6 Å². The molecule has 0 saturated carbocycles. The van der Waals surface area contributed by atoms with E-state index in [4.69, 9.17) is 14.2 Å². The van der Waals surface area contributed by atoms with Crippen LogP contribution in [0.1, 0.15) is 30.0 Å². The van der Waals surface area contributed by atoms with Gasteiger partial charge in [0.25, 0.3) is 0 Å². The number of ether oxygens (including phenoxy) is 3. The van der Waals surface area contributed by atoms with Crippen molar-refractivity contribution in [1.29, 1.82) is 0 Å². The maximum Gasteiger partial charge on any atom is 0.437 e. The van der Waals surface area contributed by atoms with Crippen LogP contribution in [0.15, 0.2) is 52.1 Å². The van der Waals surface area contributed by atoms with Crippen molar-refractivity contribution in [1.82, 2.24) is 0 Å². The molecule has 0 N–H and O–H groups in total. The van der Waals surface area contributed by atoms with Crippen molar-refractivity contribution in [2.24, 2.45) is 5.16 Å². The number of hydrogen-bond donors (Lipinski definition) is 0. The van der Waals surface area contributed by atoms with Crippen LogP contribution in [-0.4, -0.2) is 38.8 Å². The molecule has 0 amide bonds. The van der Waals surface area contributed by atoms with Crippen LogP contribution in [0.5, 0.6) is 17.2 Å². The SMILES string of the molecule is C/C=C/COc1cc(C)c(OCCCOc2ccc(/C(=N/OC)C(F)(F)F)cc2Br)c(C)c1. The van der Waals surface area contributed by atoms with Crippen LogP contribution < -0.4 is 14.2 Å². The highest BCUT2D eigenvalue weighted by atomic mass is 79.9. The summed E-state index contributed by atoms with van der Waals surface area (Å²) in [5.41, 5.74) is 0.705. The standard InChI is InChI=1S/C24H27BrF3NO4/c1-5-6-10-31-19-13-16(2)22(17(3)14-19)33-12-7-11-32-21-9-8-18(15-20(21)25)23(29-30-4)24(26,27)28/h5-6,8-9,13-15H,7,10-12H2,1-4H3/b6-5+,29-23-. The van der Waals surface area contributed by atoms with Gasteiger partial charge in [-0.05, 0) is 78.2 Å².